The zero-order chi connectivity index (χ0) is 36.4. The number of urea groups is 6. The summed E-state index contributed by atoms with van der Waals surface area (Å²) in [7, 11) is 0. The van der Waals surface area contributed by atoms with E-state index in [1.165, 1.54) is 0 Å². The van der Waals surface area contributed by atoms with Crippen LogP contribution in [0.5, 0.6) is 0 Å². The lowest BCUT2D eigenvalue weighted by molar-refractivity contribution is -0.147. The highest BCUT2D eigenvalue weighted by Gasteiger charge is 2.58. The van der Waals surface area contributed by atoms with Gasteiger partial charge in [0, 0.05) is 0 Å². The van der Waals surface area contributed by atoms with E-state index in [1.54, 1.807) is 10.6 Å². The number of amides is 15. The van der Waals surface area contributed by atoms with Crippen molar-refractivity contribution in [3.05, 3.63) is 0 Å². The highest BCUT2D eigenvalue weighted by molar-refractivity contribution is 6.10. The van der Waals surface area contributed by atoms with Crippen LogP contribution in [0.25, 0.3) is 0 Å². The summed E-state index contributed by atoms with van der Waals surface area (Å²) in [6.45, 7) is -6.37. The van der Waals surface area contributed by atoms with Gasteiger partial charge in [-0.1, -0.05) is 0 Å². The average molecular weight is 697 g/mol. The summed E-state index contributed by atoms with van der Waals surface area (Å²) < 4.78 is 0. The van der Waals surface area contributed by atoms with Gasteiger partial charge in [0.2, 0.25) is 17.0 Å². The second-order valence-electron chi connectivity index (χ2n) is 9.34. The van der Waals surface area contributed by atoms with E-state index in [-0.39, 0.29) is 0 Å². The lowest BCUT2D eigenvalue weighted by Gasteiger charge is -2.40. The van der Waals surface area contributed by atoms with E-state index in [1.807, 2.05) is 31.9 Å². The Morgan fingerprint density at radius 2 is 1.33 bits per heavy atom. The predicted octanol–water partition coefficient (Wildman–Crippen LogP) is -9.95. The van der Waals surface area contributed by atoms with Crippen molar-refractivity contribution in [1.82, 2.24) is 63.0 Å². The minimum Gasteiger partial charge on any atom is -0.393 e. The van der Waals surface area contributed by atoms with E-state index in [0.29, 0.717) is 9.80 Å². The molecule has 0 aromatic carbocycles. The van der Waals surface area contributed by atoms with Crippen LogP contribution >= 0.6 is 0 Å². The summed E-state index contributed by atoms with van der Waals surface area (Å²) in [5.41, 5.74) is -6.71. The number of nitrogens with zero attached hydrogens (tertiary/aromatic N) is 2. The van der Waals surface area contributed by atoms with Crippen molar-refractivity contribution in [1.29, 1.82) is 0 Å². The van der Waals surface area contributed by atoms with Gasteiger partial charge in [-0.3, -0.25) is 40.1 Å². The first kappa shape index (κ1) is 38.5. The first-order valence-electron chi connectivity index (χ1n) is 13.0. The Hall–Kier alpha value is -5.65. The molecule has 15 amide bonds. The molecule has 3 rings (SSSR count). The lowest BCUT2D eigenvalue weighted by atomic mass is 10.0. The SMILES string of the molecule is O=C(NCNC(=O)NC1(C(O)CO)NC(=O)NC1=O)NC1(CO)NC(=O)NC1=O.O=C(NCO)N(CO)C1(CO)C(=O)NC(=O)N1CO. The molecule has 28 heteroatoms. The van der Waals surface area contributed by atoms with Crippen LogP contribution in [0.15, 0.2) is 0 Å². The third-order valence-corrected chi connectivity index (χ3v) is 6.58. The number of aliphatic hydroxyl groups excluding tert-OH is 7. The Kier molecular flexibility index (Phi) is 12.7. The van der Waals surface area contributed by atoms with Crippen molar-refractivity contribution in [2.24, 2.45) is 0 Å². The van der Waals surface area contributed by atoms with Crippen molar-refractivity contribution in [2.45, 2.75) is 23.1 Å². The molecule has 3 aliphatic heterocycles. The minimum absolute atomic E-state index is 0.402. The van der Waals surface area contributed by atoms with Gasteiger partial charge in [-0.05, 0) is 0 Å². The Labute approximate surface area is 266 Å². The van der Waals surface area contributed by atoms with E-state index in [4.69, 9.17) is 20.4 Å². The van der Waals surface area contributed by atoms with Crippen LogP contribution in [0, 0.1) is 0 Å². The fraction of sp³-hybridized carbons (Fsp3) is 0.550. The van der Waals surface area contributed by atoms with E-state index < -0.39 is 124 Å². The van der Waals surface area contributed by atoms with Gasteiger partial charge in [0.25, 0.3) is 17.7 Å². The fourth-order valence-corrected chi connectivity index (χ4v) is 4.17. The standard InChI is InChI=1S/C12H18N8O9.C8H14N4O7/c21-1-4(23)12(6(25)16-10(29)20-12)19-8(27)14-3-13-7(26)17-11(2-22)5(24)15-9(28)18-11;13-1-8(11(3-15)6(18)9-2-14)5(17)10-7(19)12(8)4-16/h4,21-23H,1-3H2,(H2,13,17,26)(H2,14,19,27)(H2,15,18,24,28)(H2,16,20,25,29);13-16H,1-4H2,(H,9,18)(H,10,17,19). The molecule has 0 spiro atoms. The van der Waals surface area contributed by atoms with Crippen LogP contribution in [-0.4, -0.2) is 169 Å². The van der Waals surface area contributed by atoms with Gasteiger partial charge < -0.3 is 73.0 Å². The van der Waals surface area contributed by atoms with Crippen molar-refractivity contribution in [3.8, 4) is 0 Å². The predicted molar refractivity (Wildman–Crippen MR) is 144 cm³/mol. The van der Waals surface area contributed by atoms with Crippen LogP contribution in [0.4, 0.5) is 28.8 Å². The van der Waals surface area contributed by atoms with Gasteiger partial charge in [-0.25, -0.2) is 28.8 Å². The largest absolute Gasteiger partial charge is 0.393 e. The van der Waals surface area contributed by atoms with Crippen LogP contribution in [0.3, 0.4) is 0 Å². The summed E-state index contributed by atoms with van der Waals surface area (Å²) in [5.74, 6) is -3.22. The van der Waals surface area contributed by atoms with E-state index in [9.17, 15) is 58.5 Å². The third kappa shape index (κ3) is 7.49. The molecule has 0 bridgehead atoms. The molecule has 0 aromatic heterocycles. The maximum absolute atomic E-state index is 11.9. The van der Waals surface area contributed by atoms with Gasteiger partial charge in [-0.2, -0.15) is 0 Å². The zero-order valence-electron chi connectivity index (χ0n) is 24.2. The number of imide groups is 3. The molecule has 0 radical (unpaired) electrons. The Morgan fingerprint density at radius 1 is 0.750 bits per heavy atom. The molecular formula is C20H32N12O16. The van der Waals surface area contributed by atoms with Gasteiger partial charge in [0.15, 0.2) is 0 Å². The quantitative estimate of drug-likeness (QED) is 0.0665. The topological polar surface area (TPSA) is 422 Å². The number of hydrogen-bond acceptors (Lipinski definition) is 16. The Balaban J connectivity index is 0.000000365. The van der Waals surface area contributed by atoms with Gasteiger partial charge in [-0.15, -0.1) is 0 Å². The molecule has 0 saturated carbocycles. The third-order valence-electron chi connectivity index (χ3n) is 6.58. The van der Waals surface area contributed by atoms with Crippen LogP contribution in [-0.2, 0) is 14.4 Å². The molecule has 28 nitrogen and oxygen atoms in total. The fourth-order valence-electron chi connectivity index (χ4n) is 4.17. The molecule has 0 aliphatic carbocycles. The average Bonchev–Trinajstić information content (AvgIpc) is 3.58. The maximum Gasteiger partial charge on any atom is 0.328 e. The number of carbonyl (C=O) groups is 9. The number of hydrogen-bond donors (Lipinski definition) is 17. The molecule has 4 unspecified atom stereocenters. The molecule has 0 aromatic rings. The summed E-state index contributed by atoms with van der Waals surface area (Å²) in [6, 6.07) is -6.32. The molecule has 3 saturated heterocycles. The van der Waals surface area contributed by atoms with Crippen molar-refractivity contribution in [2.75, 3.05) is 46.7 Å². The van der Waals surface area contributed by atoms with Gasteiger partial charge >= 0.3 is 36.2 Å². The number of rotatable bonds is 12. The second-order valence-corrected chi connectivity index (χ2v) is 9.34. The highest BCUT2D eigenvalue weighted by atomic mass is 16.3. The zero-order valence-corrected chi connectivity index (χ0v) is 24.2. The summed E-state index contributed by atoms with van der Waals surface area (Å²) in [6.07, 6.45) is -1.88. The summed E-state index contributed by atoms with van der Waals surface area (Å²) >= 11 is 0. The molecule has 268 valence electrons. The summed E-state index contributed by atoms with van der Waals surface area (Å²) in [5, 5.41) is 83.7. The van der Waals surface area contributed by atoms with Gasteiger partial charge in [0.05, 0.1) is 26.5 Å². The summed E-state index contributed by atoms with van der Waals surface area (Å²) in [4.78, 5) is 105. The monoisotopic (exact) mass is 696 g/mol. The number of nitrogens with one attached hydrogen (secondary N) is 10. The first-order chi connectivity index (χ1) is 22.6. The lowest BCUT2D eigenvalue weighted by Crippen LogP contribution is -2.70. The number of carbonyl (C=O) groups excluding carboxylic acids is 9. The van der Waals surface area contributed by atoms with Crippen LogP contribution in [0.1, 0.15) is 0 Å². The second kappa shape index (κ2) is 15.8. The molecule has 4 atom stereocenters. The Morgan fingerprint density at radius 3 is 1.77 bits per heavy atom. The van der Waals surface area contributed by atoms with Gasteiger partial charge in [0.1, 0.15) is 26.3 Å². The molecule has 48 heavy (non-hydrogen) atoms. The highest BCUT2D eigenvalue weighted by Crippen LogP contribution is 2.25. The van der Waals surface area contributed by atoms with Crippen LogP contribution < -0.4 is 53.2 Å². The van der Waals surface area contributed by atoms with E-state index >= 15 is 0 Å². The molecule has 3 fully saturated rings. The van der Waals surface area contributed by atoms with E-state index in [2.05, 4.69) is 10.6 Å². The van der Waals surface area contributed by atoms with Crippen LogP contribution in [0.2, 0.25) is 0 Å². The minimum atomic E-state index is -2.34. The van der Waals surface area contributed by atoms with E-state index in [0.717, 1.165) is 0 Å². The molecule has 3 heterocycles. The Bertz CT molecular complexity index is 1340. The van der Waals surface area contributed by atoms with Crippen molar-refractivity contribution >= 4 is 53.9 Å². The molecule has 3 aliphatic rings. The molecule has 17 N–H and O–H groups in total. The maximum atomic E-state index is 11.9. The number of aliphatic hydroxyl groups is 7. The smallest absolute Gasteiger partial charge is 0.328 e. The first-order valence-corrected chi connectivity index (χ1v) is 13.0. The molecular weight excluding hydrogens is 664 g/mol. The van der Waals surface area contributed by atoms with Crippen molar-refractivity contribution < 1.29 is 78.9 Å². The van der Waals surface area contributed by atoms with Crippen molar-refractivity contribution in [3.63, 3.8) is 0 Å². The normalized spacial score (nSPS) is 24.9.